The molecular weight excluding hydrogens is 537 g/mol. The van der Waals surface area contributed by atoms with Crippen LogP contribution >= 0.6 is 22.6 Å². The number of hydrogen-bond acceptors (Lipinski definition) is 4. The smallest absolute Gasteiger partial charge is 0.411 e. The third-order valence-electron chi connectivity index (χ3n) is 7.07. The lowest BCUT2D eigenvalue weighted by atomic mass is 9.98. The van der Waals surface area contributed by atoms with Gasteiger partial charge in [0.15, 0.2) is 0 Å². The molecule has 6 heteroatoms. The van der Waals surface area contributed by atoms with Crippen LogP contribution in [0, 0.1) is 17.4 Å². The first kappa shape index (κ1) is 23.3. The number of amides is 1. The van der Waals surface area contributed by atoms with Crippen molar-refractivity contribution in [2.24, 2.45) is 0 Å². The van der Waals surface area contributed by atoms with Gasteiger partial charge in [-0.15, -0.1) is 0 Å². The van der Waals surface area contributed by atoms with Crippen molar-refractivity contribution in [3.8, 4) is 11.1 Å². The van der Waals surface area contributed by atoms with Gasteiger partial charge in [-0.25, -0.2) is 4.79 Å². The number of carbonyl (C=O) groups excluding carboxylic acids is 1. The molecule has 176 valence electrons. The molecule has 0 unspecified atom stereocenters. The normalized spacial score (nSPS) is 15.6. The fourth-order valence-electron chi connectivity index (χ4n) is 5.13. The van der Waals surface area contributed by atoms with E-state index in [-0.39, 0.29) is 5.92 Å². The molecule has 1 amide bonds. The summed E-state index contributed by atoms with van der Waals surface area (Å²) < 4.78 is 6.97. The predicted molar refractivity (Wildman–Crippen MR) is 145 cm³/mol. The SMILES string of the molecule is Cc1c(I)cc(CN2CCNCC2)c(C)c1NC(=O)OCC1c2ccccc2-c2ccccc21. The number of ether oxygens (including phenoxy) is 1. The average Bonchev–Trinajstić information content (AvgIpc) is 3.18. The molecule has 5 rings (SSSR count). The Bertz CT molecular complexity index is 1170. The molecule has 0 bridgehead atoms. The van der Waals surface area contributed by atoms with Gasteiger partial charge in [-0.05, 0) is 81.4 Å². The van der Waals surface area contributed by atoms with Crippen LogP contribution in [0.5, 0.6) is 0 Å². The van der Waals surface area contributed by atoms with E-state index >= 15 is 0 Å². The van der Waals surface area contributed by atoms with E-state index in [2.05, 4.69) is 107 Å². The van der Waals surface area contributed by atoms with Crippen LogP contribution in [0.3, 0.4) is 0 Å². The summed E-state index contributed by atoms with van der Waals surface area (Å²) in [4.78, 5) is 15.4. The second-order valence-corrected chi connectivity index (χ2v) is 10.3. The number of nitrogens with zero attached hydrogens (tertiary/aromatic N) is 1. The van der Waals surface area contributed by atoms with E-state index in [4.69, 9.17) is 4.74 Å². The van der Waals surface area contributed by atoms with Crippen LogP contribution in [0.15, 0.2) is 54.6 Å². The zero-order chi connectivity index (χ0) is 23.7. The first-order valence-electron chi connectivity index (χ1n) is 11.9. The maximum Gasteiger partial charge on any atom is 0.411 e. The average molecular weight is 567 g/mol. The van der Waals surface area contributed by atoms with Crippen LogP contribution in [0.4, 0.5) is 10.5 Å². The van der Waals surface area contributed by atoms with E-state index in [0.717, 1.165) is 53.1 Å². The Morgan fingerprint density at radius 2 is 1.65 bits per heavy atom. The van der Waals surface area contributed by atoms with Gasteiger partial charge in [0, 0.05) is 42.2 Å². The number of halogens is 1. The lowest BCUT2D eigenvalue weighted by Gasteiger charge is -2.28. The van der Waals surface area contributed by atoms with Crippen LogP contribution in [-0.4, -0.2) is 43.8 Å². The van der Waals surface area contributed by atoms with Crippen molar-refractivity contribution >= 4 is 34.4 Å². The minimum absolute atomic E-state index is 0.0551. The van der Waals surface area contributed by atoms with Crippen molar-refractivity contribution in [1.29, 1.82) is 0 Å². The monoisotopic (exact) mass is 567 g/mol. The molecule has 3 aromatic rings. The fourth-order valence-corrected chi connectivity index (χ4v) is 5.77. The number of nitrogens with one attached hydrogen (secondary N) is 2. The largest absolute Gasteiger partial charge is 0.448 e. The Hall–Kier alpha value is -2.42. The molecule has 0 spiro atoms. The number of benzene rings is 3. The molecule has 0 atom stereocenters. The Balaban J connectivity index is 1.31. The van der Waals surface area contributed by atoms with Gasteiger partial charge < -0.3 is 10.1 Å². The van der Waals surface area contributed by atoms with Gasteiger partial charge in [0.2, 0.25) is 0 Å². The van der Waals surface area contributed by atoms with Crippen molar-refractivity contribution < 1.29 is 9.53 Å². The van der Waals surface area contributed by atoms with E-state index in [9.17, 15) is 4.79 Å². The summed E-state index contributed by atoms with van der Waals surface area (Å²) in [6.45, 7) is 9.48. The highest BCUT2D eigenvalue weighted by Gasteiger charge is 2.29. The molecule has 2 N–H and O–H groups in total. The number of carbonyl (C=O) groups is 1. The Kier molecular flexibility index (Phi) is 6.90. The van der Waals surface area contributed by atoms with Gasteiger partial charge in [-0.3, -0.25) is 10.2 Å². The Morgan fingerprint density at radius 3 is 2.29 bits per heavy atom. The van der Waals surface area contributed by atoms with Gasteiger partial charge in [0.05, 0.1) is 5.69 Å². The molecule has 1 saturated heterocycles. The Labute approximate surface area is 215 Å². The molecule has 1 aliphatic carbocycles. The van der Waals surface area contributed by atoms with Crippen molar-refractivity contribution in [2.45, 2.75) is 26.3 Å². The topological polar surface area (TPSA) is 53.6 Å². The standard InChI is InChI=1S/C28H30IN3O2/c1-18-20(16-32-13-11-30-12-14-32)15-26(29)19(2)27(18)31-28(33)34-17-25-23-9-5-3-7-21(23)22-8-4-6-10-24(22)25/h3-10,15,25,30H,11-14,16-17H2,1-2H3,(H,31,33). The molecular formula is C28H30IN3O2. The van der Waals surface area contributed by atoms with E-state index < -0.39 is 6.09 Å². The molecule has 0 aromatic heterocycles. The summed E-state index contributed by atoms with van der Waals surface area (Å²) >= 11 is 2.36. The van der Waals surface area contributed by atoms with E-state index in [1.54, 1.807) is 0 Å². The zero-order valence-electron chi connectivity index (χ0n) is 19.7. The lowest BCUT2D eigenvalue weighted by molar-refractivity contribution is 0.158. The number of rotatable bonds is 5. The summed E-state index contributed by atoms with van der Waals surface area (Å²) in [5.74, 6) is 0.0551. The molecule has 0 saturated carbocycles. The van der Waals surface area contributed by atoms with Gasteiger partial charge in [-0.1, -0.05) is 48.5 Å². The van der Waals surface area contributed by atoms with Crippen molar-refractivity contribution in [3.63, 3.8) is 0 Å². The Morgan fingerprint density at radius 1 is 1.03 bits per heavy atom. The van der Waals surface area contributed by atoms with Crippen molar-refractivity contribution in [2.75, 3.05) is 38.1 Å². The van der Waals surface area contributed by atoms with Crippen molar-refractivity contribution in [3.05, 3.63) is 86.0 Å². The summed E-state index contributed by atoms with van der Waals surface area (Å²) in [7, 11) is 0. The highest BCUT2D eigenvalue weighted by molar-refractivity contribution is 14.1. The summed E-state index contributed by atoms with van der Waals surface area (Å²) in [6, 6.07) is 19.0. The number of anilines is 1. The predicted octanol–water partition coefficient (Wildman–Crippen LogP) is 5.67. The van der Waals surface area contributed by atoms with E-state index in [0.29, 0.717) is 6.61 Å². The van der Waals surface area contributed by atoms with Crippen LogP contribution in [0.2, 0.25) is 0 Å². The van der Waals surface area contributed by atoms with Crippen LogP contribution in [0.1, 0.15) is 33.7 Å². The first-order valence-corrected chi connectivity index (χ1v) is 12.9. The van der Waals surface area contributed by atoms with Gasteiger partial charge in [0.25, 0.3) is 0 Å². The van der Waals surface area contributed by atoms with Gasteiger partial charge in [0.1, 0.15) is 6.61 Å². The van der Waals surface area contributed by atoms with Crippen LogP contribution in [0.25, 0.3) is 11.1 Å². The lowest BCUT2D eigenvalue weighted by Crippen LogP contribution is -2.43. The van der Waals surface area contributed by atoms with Crippen molar-refractivity contribution in [1.82, 2.24) is 10.2 Å². The van der Waals surface area contributed by atoms with Crippen LogP contribution < -0.4 is 10.6 Å². The molecule has 3 aromatic carbocycles. The second-order valence-electron chi connectivity index (χ2n) is 9.12. The minimum Gasteiger partial charge on any atom is -0.448 e. The van der Waals surface area contributed by atoms with Gasteiger partial charge >= 0.3 is 6.09 Å². The van der Waals surface area contributed by atoms with E-state index in [1.807, 2.05) is 0 Å². The van der Waals surface area contributed by atoms with Gasteiger partial charge in [-0.2, -0.15) is 0 Å². The summed E-state index contributed by atoms with van der Waals surface area (Å²) in [5, 5.41) is 6.48. The molecule has 1 heterocycles. The maximum atomic E-state index is 13.0. The highest BCUT2D eigenvalue weighted by Crippen LogP contribution is 2.44. The first-order chi connectivity index (χ1) is 16.5. The molecule has 5 nitrogen and oxygen atoms in total. The number of piperazine rings is 1. The maximum absolute atomic E-state index is 13.0. The van der Waals surface area contributed by atoms with E-state index in [1.165, 1.54) is 27.8 Å². The third-order valence-corrected chi connectivity index (χ3v) is 8.19. The quantitative estimate of drug-likeness (QED) is 0.390. The summed E-state index contributed by atoms with van der Waals surface area (Å²) in [6.07, 6.45) is -0.400. The third kappa shape index (κ3) is 4.59. The second kappa shape index (κ2) is 10.1. The summed E-state index contributed by atoms with van der Waals surface area (Å²) in [5.41, 5.74) is 9.22. The minimum atomic E-state index is -0.400. The number of hydrogen-bond donors (Lipinski definition) is 2. The molecule has 2 aliphatic rings. The zero-order valence-corrected chi connectivity index (χ0v) is 21.8. The molecule has 1 aliphatic heterocycles. The molecule has 1 fully saturated rings. The fraction of sp³-hybridized carbons (Fsp3) is 0.321. The number of fused-ring (bicyclic) bond motifs is 3. The van der Waals surface area contributed by atoms with Crippen LogP contribution in [-0.2, 0) is 11.3 Å². The molecule has 0 radical (unpaired) electrons. The highest BCUT2D eigenvalue weighted by atomic mass is 127. The molecule has 34 heavy (non-hydrogen) atoms.